The van der Waals surface area contributed by atoms with Crippen molar-refractivity contribution in [3.05, 3.63) is 42.0 Å². The van der Waals surface area contributed by atoms with Crippen molar-refractivity contribution in [2.24, 2.45) is 11.8 Å². The second-order valence-corrected chi connectivity index (χ2v) is 7.89. The van der Waals surface area contributed by atoms with Gasteiger partial charge in [0.1, 0.15) is 0 Å². The fourth-order valence-corrected chi connectivity index (χ4v) is 5.44. The third-order valence-corrected chi connectivity index (χ3v) is 6.58. The second kappa shape index (κ2) is 6.13. The first kappa shape index (κ1) is 17.4. The predicted octanol–water partition coefficient (Wildman–Crippen LogP) is 2.52. The van der Waals surface area contributed by atoms with Gasteiger partial charge in [-0.05, 0) is 37.8 Å². The molecule has 28 heavy (non-hydrogen) atoms. The third kappa shape index (κ3) is 2.15. The van der Waals surface area contributed by atoms with Gasteiger partial charge in [-0.3, -0.25) is 9.59 Å². The standard InChI is InChI=1S/C22H20N2O4/c23-12-13-6-7-16(15-5-2-1-4-14(13)15)24-20(26)18-17-8-10-22(28-17,9-3-11-25)19(18)21(24)27/h1-2,4-7,17-19,25H,3,8-11H2/t17-,18-,19+,22+/m1/s1. The molecule has 2 amide bonds. The fourth-order valence-electron chi connectivity index (χ4n) is 5.44. The normalized spacial score (nSPS) is 30.9. The van der Waals surface area contributed by atoms with Gasteiger partial charge in [0.25, 0.3) is 0 Å². The molecule has 2 bridgehead atoms. The molecule has 0 spiro atoms. The van der Waals surface area contributed by atoms with Gasteiger partial charge in [-0.25, -0.2) is 4.90 Å². The van der Waals surface area contributed by atoms with E-state index in [0.717, 1.165) is 23.6 Å². The van der Waals surface area contributed by atoms with Crippen LogP contribution in [0.3, 0.4) is 0 Å². The van der Waals surface area contributed by atoms with Crippen LogP contribution in [0, 0.1) is 23.2 Å². The molecule has 0 unspecified atom stereocenters. The molecular weight excluding hydrogens is 356 g/mol. The molecule has 6 nitrogen and oxygen atoms in total. The zero-order valence-corrected chi connectivity index (χ0v) is 15.3. The Balaban J connectivity index is 1.61. The van der Waals surface area contributed by atoms with Crippen molar-refractivity contribution in [3.63, 3.8) is 0 Å². The van der Waals surface area contributed by atoms with E-state index in [0.29, 0.717) is 24.1 Å². The third-order valence-electron chi connectivity index (χ3n) is 6.58. The van der Waals surface area contributed by atoms with Crippen molar-refractivity contribution in [2.45, 2.75) is 37.4 Å². The Morgan fingerprint density at radius 3 is 2.71 bits per heavy atom. The number of rotatable bonds is 4. The summed E-state index contributed by atoms with van der Waals surface area (Å²) in [5.74, 6) is -1.36. The molecule has 3 saturated heterocycles. The Labute approximate surface area is 162 Å². The average molecular weight is 376 g/mol. The van der Waals surface area contributed by atoms with Crippen LogP contribution in [-0.2, 0) is 14.3 Å². The molecule has 0 saturated carbocycles. The molecule has 2 aromatic carbocycles. The maximum atomic E-state index is 13.5. The molecule has 6 heteroatoms. The van der Waals surface area contributed by atoms with Crippen LogP contribution < -0.4 is 4.90 Å². The molecule has 3 aliphatic heterocycles. The quantitative estimate of drug-likeness (QED) is 0.828. The maximum Gasteiger partial charge on any atom is 0.240 e. The van der Waals surface area contributed by atoms with Gasteiger partial charge in [-0.15, -0.1) is 0 Å². The number of aliphatic hydroxyl groups is 1. The van der Waals surface area contributed by atoms with E-state index in [1.807, 2.05) is 24.3 Å². The maximum absolute atomic E-state index is 13.5. The number of imide groups is 1. The summed E-state index contributed by atoms with van der Waals surface area (Å²) in [5.41, 5.74) is 0.416. The minimum absolute atomic E-state index is 0.0409. The van der Waals surface area contributed by atoms with Gasteiger partial charge in [0, 0.05) is 17.4 Å². The molecule has 4 atom stereocenters. The summed E-state index contributed by atoms with van der Waals surface area (Å²) in [6.07, 6.45) is 2.43. The lowest BCUT2D eigenvalue weighted by molar-refractivity contribution is -0.128. The van der Waals surface area contributed by atoms with Crippen LogP contribution in [0.2, 0.25) is 0 Å². The van der Waals surface area contributed by atoms with Crippen molar-refractivity contribution >= 4 is 28.3 Å². The first-order valence-corrected chi connectivity index (χ1v) is 9.69. The Hall–Kier alpha value is -2.75. The highest BCUT2D eigenvalue weighted by atomic mass is 16.5. The summed E-state index contributed by atoms with van der Waals surface area (Å²) in [5, 5.41) is 20.1. The molecule has 0 radical (unpaired) electrons. The fraction of sp³-hybridized carbons (Fsp3) is 0.409. The van der Waals surface area contributed by atoms with E-state index in [1.54, 1.807) is 12.1 Å². The number of hydrogen-bond acceptors (Lipinski definition) is 5. The van der Waals surface area contributed by atoms with Crippen LogP contribution in [0.5, 0.6) is 0 Å². The number of hydrogen-bond donors (Lipinski definition) is 1. The number of anilines is 1. The number of amides is 2. The van der Waals surface area contributed by atoms with E-state index >= 15 is 0 Å². The molecule has 3 aliphatic rings. The molecule has 5 rings (SSSR count). The number of benzene rings is 2. The number of nitrogens with zero attached hydrogens (tertiary/aromatic N) is 2. The van der Waals surface area contributed by atoms with Crippen molar-refractivity contribution in [1.29, 1.82) is 5.26 Å². The van der Waals surface area contributed by atoms with E-state index in [2.05, 4.69) is 6.07 Å². The molecule has 3 heterocycles. The molecule has 0 aromatic heterocycles. The molecule has 3 fully saturated rings. The lowest BCUT2D eigenvalue weighted by atomic mass is 9.71. The van der Waals surface area contributed by atoms with Gasteiger partial charge in [-0.1, -0.05) is 24.3 Å². The molecule has 1 N–H and O–H groups in total. The predicted molar refractivity (Wildman–Crippen MR) is 101 cm³/mol. The zero-order chi connectivity index (χ0) is 19.5. The monoisotopic (exact) mass is 376 g/mol. The van der Waals surface area contributed by atoms with Gasteiger partial charge < -0.3 is 9.84 Å². The number of fused-ring (bicyclic) bond motifs is 6. The van der Waals surface area contributed by atoms with E-state index < -0.39 is 17.4 Å². The number of nitriles is 1. The summed E-state index contributed by atoms with van der Waals surface area (Å²) in [6.45, 7) is 0.0409. The Kier molecular flexibility index (Phi) is 3.80. The van der Waals surface area contributed by atoms with E-state index in [9.17, 15) is 20.0 Å². The number of carbonyl (C=O) groups is 2. The van der Waals surface area contributed by atoms with Gasteiger partial charge in [0.05, 0.1) is 40.9 Å². The molecule has 0 aliphatic carbocycles. The van der Waals surface area contributed by atoms with Crippen LogP contribution in [0.1, 0.15) is 31.2 Å². The number of aliphatic hydroxyl groups excluding tert-OH is 1. The van der Waals surface area contributed by atoms with Crippen molar-refractivity contribution in [3.8, 4) is 6.07 Å². The highest BCUT2D eigenvalue weighted by Crippen LogP contribution is 2.57. The Morgan fingerprint density at radius 1 is 1.18 bits per heavy atom. The van der Waals surface area contributed by atoms with Crippen LogP contribution >= 0.6 is 0 Å². The number of carbonyl (C=O) groups excluding carboxylic acids is 2. The summed E-state index contributed by atoms with van der Waals surface area (Å²) >= 11 is 0. The largest absolute Gasteiger partial charge is 0.396 e. The smallest absolute Gasteiger partial charge is 0.240 e. The van der Waals surface area contributed by atoms with Crippen LogP contribution in [0.15, 0.2) is 36.4 Å². The molecule has 142 valence electrons. The summed E-state index contributed by atoms with van der Waals surface area (Å²) in [6, 6.07) is 12.9. The highest BCUT2D eigenvalue weighted by Gasteiger charge is 2.69. The minimum Gasteiger partial charge on any atom is -0.396 e. The van der Waals surface area contributed by atoms with E-state index in [1.165, 1.54) is 4.90 Å². The summed E-state index contributed by atoms with van der Waals surface area (Å²) in [7, 11) is 0. The summed E-state index contributed by atoms with van der Waals surface area (Å²) in [4.78, 5) is 28.1. The first-order chi connectivity index (χ1) is 13.6. The number of ether oxygens (including phenoxy) is 1. The van der Waals surface area contributed by atoms with Crippen LogP contribution in [0.25, 0.3) is 10.8 Å². The topological polar surface area (TPSA) is 90.6 Å². The summed E-state index contributed by atoms with van der Waals surface area (Å²) < 4.78 is 6.16. The van der Waals surface area contributed by atoms with Gasteiger partial charge in [0.2, 0.25) is 11.8 Å². The lowest BCUT2D eigenvalue weighted by Gasteiger charge is -2.31. The average Bonchev–Trinajstić information content (AvgIpc) is 3.36. The molecular formula is C22H20N2O4. The van der Waals surface area contributed by atoms with Crippen LogP contribution in [0.4, 0.5) is 5.69 Å². The van der Waals surface area contributed by atoms with Crippen molar-refractivity contribution in [2.75, 3.05) is 11.5 Å². The van der Waals surface area contributed by atoms with Crippen molar-refractivity contribution in [1.82, 2.24) is 0 Å². The Morgan fingerprint density at radius 2 is 1.96 bits per heavy atom. The van der Waals surface area contributed by atoms with Gasteiger partial charge in [0.15, 0.2) is 0 Å². The second-order valence-electron chi connectivity index (χ2n) is 7.89. The van der Waals surface area contributed by atoms with E-state index in [4.69, 9.17) is 4.74 Å². The van der Waals surface area contributed by atoms with Gasteiger partial charge >= 0.3 is 0 Å². The highest BCUT2D eigenvalue weighted by molar-refractivity contribution is 6.26. The minimum atomic E-state index is -0.637. The first-order valence-electron chi connectivity index (χ1n) is 9.69. The zero-order valence-electron chi connectivity index (χ0n) is 15.3. The molecule has 2 aromatic rings. The Bertz CT molecular complexity index is 1040. The lowest BCUT2D eigenvalue weighted by Crippen LogP contribution is -2.42. The van der Waals surface area contributed by atoms with Crippen molar-refractivity contribution < 1.29 is 19.4 Å². The SMILES string of the molecule is N#Cc1ccc(N2C(=O)[C@H]3[C@@H](C2=O)[C@]2(CCCO)CC[C@H]3O2)c2ccccc12. The van der Waals surface area contributed by atoms with Gasteiger partial charge in [-0.2, -0.15) is 5.26 Å². The van der Waals surface area contributed by atoms with E-state index in [-0.39, 0.29) is 24.5 Å². The van der Waals surface area contributed by atoms with Crippen LogP contribution in [-0.4, -0.2) is 35.2 Å².